The van der Waals surface area contributed by atoms with Crippen LogP contribution < -0.4 is 5.32 Å². The fraction of sp³-hybridized carbons (Fsp3) is 0.579. The molecule has 0 bridgehead atoms. The van der Waals surface area contributed by atoms with Crippen LogP contribution in [0.25, 0.3) is 0 Å². The van der Waals surface area contributed by atoms with Crippen LogP contribution in [0.15, 0.2) is 10.6 Å². The fourth-order valence-corrected chi connectivity index (χ4v) is 4.04. The Hall–Kier alpha value is -2.44. The van der Waals surface area contributed by atoms with Crippen LogP contribution in [0, 0.1) is 13.8 Å². The van der Waals surface area contributed by atoms with Crippen LogP contribution >= 0.6 is 0 Å². The summed E-state index contributed by atoms with van der Waals surface area (Å²) in [7, 11) is 0. The summed E-state index contributed by atoms with van der Waals surface area (Å²) in [5.41, 5.74) is 4.34. The van der Waals surface area contributed by atoms with E-state index in [0.29, 0.717) is 12.4 Å². The quantitative estimate of drug-likeness (QED) is 0.915. The van der Waals surface area contributed by atoms with Gasteiger partial charge in [0.1, 0.15) is 17.3 Å². The van der Waals surface area contributed by atoms with Gasteiger partial charge in [-0.1, -0.05) is 5.16 Å². The zero-order valence-corrected chi connectivity index (χ0v) is 15.4. The zero-order chi connectivity index (χ0) is 18.1. The molecule has 0 spiro atoms. The van der Waals surface area contributed by atoms with Crippen LogP contribution in [0.4, 0.5) is 4.79 Å². The number of carbonyl (C=O) groups excluding carboxylic acids is 1. The Morgan fingerprint density at radius 3 is 2.92 bits per heavy atom. The van der Waals surface area contributed by atoms with Crippen LogP contribution in [-0.4, -0.2) is 32.6 Å². The van der Waals surface area contributed by atoms with E-state index in [1.807, 2.05) is 24.8 Å². The summed E-state index contributed by atoms with van der Waals surface area (Å²) in [6, 6.07) is 1.80. The average Bonchev–Trinajstić information content (AvgIpc) is 3.28. The maximum absolute atomic E-state index is 12.7. The van der Waals surface area contributed by atoms with Crippen molar-refractivity contribution in [2.45, 2.75) is 65.0 Å². The summed E-state index contributed by atoms with van der Waals surface area (Å²) in [5, 5.41) is 7.07. The summed E-state index contributed by atoms with van der Waals surface area (Å²) in [6.45, 7) is 4.99. The first-order valence-corrected chi connectivity index (χ1v) is 9.45. The van der Waals surface area contributed by atoms with Crippen molar-refractivity contribution in [2.24, 2.45) is 0 Å². The van der Waals surface area contributed by atoms with E-state index in [0.717, 1.165) is 55.1 Å². The molecule has 7 heteroatoms. The van der Waals surface area contributed by atoms with Crippen LogP contribution in [0.3, 0.4) is 0 Å². The Bertz CT molecular complexity index is 816. The minimum atomic E-state index is -0.0906. The first kappa shape index (κ1) is 17.0. The van der Waals surface area contributed by atoms with Crippen molar-refractivity contribution in [1.29, 1.82) is 0 Å². The van der Waals surface area contributed by atoms with Gasteiger partial charge in [0.2, 0.25) is 0 Å². The highest BCUT2D eigenvalue weighted by Crippen LogP contribution is 2.31. The summed E-state index contributed by atoms with van der Waals surface area (Å²) >= 11 is 0. The Balaban J connectivity index is 1.43. The number of hydrogen-bond acceptors (Lipinski definition) is 5. The van der Waals surface area contributed by atoms with Crippen LogP contribution in [0.2, 0.25) is 0 Å². The molecule has 1 N–H and O–H groups in total. The summed E-state index contributed by atoms with van der Waals surface area (Å²) in [6.07, 6.45) is 6.36. The Labute approximate surface area is 153 Å². The van der Waals surface area contributed by atoms with Crippen LogP contribution in [0.5, 0.6) is 0 Å². The van der Waals surface area contributed by atoms with E-state index in [-0.39, 0.29) is 12.1 Å². The van der Waals surface area contributed by atoms with E-state index in [2.05, 4.69) is 20.4 Å². The number of urea groups is 1. The van der Waals surface area contributed by atoms with Gasteiger partial charge in [0.05, 0.1) is 12.6 Å². The minimum Gasteiger partial charge on any atom is -0.361 e. The number of amides is 2. The maximum atomic E-state index is 12.7. The van der Waals surface area contributed by atoms with Gasteiger partial charge in [0.25, 0.3) is 0 Å². The molecular weight excluding hydrogens is 330 g/mol. The molecule has 1 atom stereocenters. The lowest BCUT2D eigenvalue weighted by Crippen LogP contribution is -2.39. The molecule has 4 rings (SSSR count). The molecule has 2 amide bonds. The second kappa shape index (κ2) is 7.05. The predicted molar refractivity (Wildman–Crippen MR) is 95.6 cm³/mol. The molecule has 1 saturated heterocycles. The molecule has 0 unspecified atom stereocenters. The molecule has 3 heterocycles. The molecule has 2 aromatic rings. The first-order chi connectivity index (χ1) is 12.6. The number of carbonyl (C=O) groups is 1. The Morgan fingerprint density at radius 1 is 1.27 bits per heavy atom. The van der Waals surface area contributed by atoms with Gasteiger partial charge in [0, 0.05) is 24.0 Å². The fourth-order valence-electron chi connectivity index (χ4n) is 4.04. The molecular formula is C19H25N5O2. The number of nitrogens with one attached hydrogen (secondary N) is 1. The van der Waals surface area contributed by atoms with Gasteiger partial charge in [-0.25, -0.2) is 14.8 Å². The van der Waals surface area contributed by atoms with Gasteiger partial charge in [-0.2, -0.15) is 0 Å². The highest BCUT2D eigenvalue weighted by Gasteiger charge is 2.32. The number of aromatic nitrogens is 3. The number of hydrogen-bond donors (Lipinski definition) is 1. The van der Waals surface area contributed by atoms with Gasteiger partial charge in [-0.05, 0) is 57.9 Å². The molecule has 0 radical (unpaired) electrons. The number of nitrogens with zero attached hydrogens (tertiary/aromatic N) is 4. The molecule has 1 aliphatic carbocycles. The van der Waals surface area contributed by atoms with E-state index >= 15 is 0 Å². The lowest BCUT2D eigenvalue weighted by atomic mass is 9.95. The largest absolute Gasteiger partial charge is 0.361 e. The van der Waals surface area contributed by atoms with Gasteiger partial charge in [-0.15, -0.1) is 0 Å². The van der Waals surface area contributed by atoms with E-state index in [4.69, 9.17) is 4.52 Å². The molecule has 26 heavy (non-hydrogen) atoms. The third kappa shape index (κ3) is 3.30. The predicted octanol–water partition coefficient (Wildman–Crippen LogP) is 3.01. The van der Waals surface area contributed by atoms with Gasteiger partial charge in [0.15, 0.2) is 0 Å². The van der Waals surface area contributed by atoms with Crippen LogP contribution in [-0.2, 0) is 19.4 Å². The highest BCUT2D eigenvalue weighted by molar-refractivity contribution is 5.75. The Kier molecular flexibility index (Phi) is 4.61. The molecule has 2 aromatic heterocycles. The second-order valence-electron chi connectivity index (χ2n) is 7.23. The van der Waals surface area contributed by atoms with Crippen molar-refractivity contribution < 1.29 is 9.32 Å². The van der Waals surface area contributed by atoms with E-state index < -0.39 is 0 Å². The van der Waals surface area contributed by atoms with Crippen molar-refractivity contribution >= 4 is 6.03 Å². The Morgan fingerprint density at radius 2 is 2.12 bits per heavy atom. The SMILES string of the molecule is Cc1cc([C@H]2CCCN2C(=O)NCc2nc(C)c3c(n2)CCCC3)no1. The van der Waals surface area contributed by atoms with E-state index in [9.17, 15) is 4.79 Å². The number of rotatable bonds is 3. The van der Waals surface area contributed by atoms with Crippen molar-refractivity contribution in [3.8, 4) is 0 Å². The van der Waals surface area contributed by atoms with Crippen molar-refractivity contribution in [1.82, 2.24) is 25.3 Å². The summed E-state index contributed by atoms with van der Waals surface area (Å²) < 4.78 is 5.17. The number of fused-ring (bicyclic) bond motifs is 1. The van der Waals surface area contributed by atoms with Crippen LogP contribution in [0.1, 0.15) is 66.0 Å². The smallest absolute Gasteiger partial charge is 0.318 e. The molecule has 1 aliphatic heterocycles. The van der Waals surface area contributed by atoms with Gasteiger partial charge in [-0.3, -0.25) is 0 Å². The zero-order valence-electron chi connectivity index (χ0n) is 15.4. The topological polar surface area (TPSA) is 84.2 Å². The number of likely N-dealkylation sites (tertiary alicyclic amines) is 1. The van der Waals surface area contributed by atoms with Crippen molar-refractivity contribution in [2.75, 3.05) is 6.54 Å². The lowest BCUT2D eigenvalue weighted by molar-refractivity contribution is 0.190. The maximum Gasteiger partial charge on any atom is 0.318 e. The molecule has 2 aliphatic rings. The highest BCUT2D eigenvalue weighted by atomic mass is 16.5. The van der Waals surface area contributed by atoms with Crippen molar-refractivity contribution in [3.63, 3.8) is 0 Å². The second-order valence-corrected chi connectivity index (χ2v) is 7.23. The summed E-state index contributed by atoms with van der Waals surface area (Å²) in [4.78, 5) is 23.8. The van der Waals surface area contributed by atoms with Gasteiger partial charge >= 0.3 is 6.03 Å². The van der Waals surface area contributed by atoms with E-state index in [1.54, 1.807) is 0 Å². The van der Waals surface area contributed by atoms with E-state index in [1.165, 1.54) is 18.4 Å². The first-order valence-electron chi connectivity index (χ1n) is 9.45. The monoisotopic (exact) mass is 355 g/mol. The third-order valence-electron chi connectivity index (χ3n) is 5.34. The number of aryl methyl sites for hydroxylation is 3. The molecule has 138 valence electrons. The lowest BCUT2D eigenvalue weighted by Gasteiger charge is -2.23. The molecule has 1 fully saturated rings. The third-order valence-corrected chi connectivity index (χ3v) is 5.34. The molecule has 0 aromatic carbocycles. The van der Waals surface area contributed by atoms with Crippen molar-refractivity contribution in [3.05, 3.63) is 40.3 Å². The average molecular weight is 355 g/mol. The van der Waals surface area contributed by atoms with Gasteiger partial charge < -0.3 is 14.7 Å². The summed E-state index contributed by atoms with van der Waals surface area (Å²) in [5.74, 6) is 1.47. The minimum absolute atomic E-state index is 0.0152. The standard InChI is InChI=1S/C19H25N5O2/c1-12-10-16(23-26-12)17-8-5-9-24(17)19(25)20-11-18-21-13(2)14-6-3-4-7-15(14)22-18/h10,17H,3-9,11H2,1-2H3,(H,20,25)/t17-/m1/s1. The molecule has 7 nitrogen and oxygen atoms in total. The molecule has 0 saturated carbocycles. The normalized spacial score (nSPS) is 19.5.